The number of hydrogen-bond acceptors (Lipinski definition) is 6. The Kier molecular flexibility index (Phi) is 23.7. The smallest absolute Gasteiger partial charge is 0.872 e. The standard InChI is InChI=1S/2C20H36N2O.C6H18NSi2.Sm/c2*1-19(2,3)16-12-15(14-22(9)11-10-21(7)8)18(23)17(13-16)20(4,5)6;1-8(2,3)7-9(4,5)6;/h2*12-13,23H,10-11,14H2,1-9H3;1-6H3;/q;;-1;+3/p-2. The van der Waals surface area contributed by atoms with E-state index in [1.807, 2.05) is 0 Å². The Bertz CT molecular complexity index is 1350. The van der Waals surface area contributed by atoms with Crippen molar-refractivity contribution < 1.29 is 50.6 Å². The van der Waals surface area contributed by atoms with Crippen LogP contribution < -0.4 is 10.2 Å². The fourth-order valence-corrected chi connectivity index (χ4v) is 14.1. The second-order valence-electron chi connectivity index (χ2n) is 22.6. The summed E-state index contributed by atoms with van der Waals surface area (Å²) in [6, 6.07) is 8.46. The molecule has 2 aromatic rings. The molecule has 0 amide bonds. The summed E-state index contributed by atoms with van der Waals surface area (Å²) in [5.74, 6) is 0.421. The van der Waals surface area contributed by atoms with Crippen LogP contribution in [0, 0.1) is 40.4 Å². The van der Waals surface area contributed by atoms with Crippen molar-refractivity contribution in [2.75, 3.05) is 68.5 Å². The van der Waals surface area contributed by atoms with Crippen molar-refractivity contribution in [3.8, 4) is 11.5 Å². The Balaban J connectivity index is 0. The Morgan fingerprint density at radius 3 is 0.911 bits per heavy atom. The third kappa shape index (κ3) is 23.4. The molecule has 0 saturated heterocycles. The summed E-state index contributed by atoms with van der Waals surface area (Å²) in [5.41, 5.74) is 6.03. The summed E-state index contributed by atoms with van der Waals surface area (Å²) >= 11 is 0. The van der Waals surface area contributed by atoms with Gasteiger partial charge in [-0.25, -0.2) is 0 Å². The van der Waals surface area contributed by atoms with E-state index in [9.17, 15) is 10.2 Å². The molecule has 0 spiro atoms. The van der Waals surface area contributed by atoms with Gasteiger partial charge in [0.25, 0.3) is 0 Å². The number of likely N-dealkylation sites (N-methyl/N-ethyl adjacent to an activating group) is 4. The van der Waals surface area contributed by atoms with Gasteiger partial charge >= 0.3 is 40.4 Å². The van der Waals surface area contributed by atoms with Crippen molar-refractivity contribution in [1.29, 1.82) is 0 Å². The molecule has 2 aromatic carbocycles. The van der Waals surface area contributed by atoms with E-state index in [0.29, 0.717) is 13.1 Å². The van der Waals surface area contributed by atoms with Crippen molar-refractivity contribution in [3.63, 3.8) is 0 Å². The SMILES string of the molecule is CN(C)CCN(C)Cc1cc(C(C)(C)C)cc(C(C)(C)C)c1[O-].CN(C)CCN(C)Cc1cc(C(C)(C)C)cc(C(C)(C)C)c1[O-].C[Si](C)(C)[N-][Si](C)(C)C.[Sm+3]. The van der Waals surface area contributed by atoms with E-state index in [1.54, 1.807) is 0 Å². The van der Waals surface area contributed by atoms with Crippen LogP contribution in [0.4, 0.5) is 0 Å². The van der Waals surface area contributed by atoms with Crippen LogP contribution in [-0.2, 0) is 34.7 Å². The van der Waals surface area contributed by atoms with Crippen LogP contribution in [0.3, 0.4) is 0 Å². The molecule has 0 fully saturated rings. The van der Waals surface area contributed by atoms with Crippen molar-refractivity contribution in [3.05, 3.63) is 62.3 Å². The van der Waals surface area contributed by atoms with Crippen molar-refractivity contribution >= 4 is 16.5 Å². The molecular formula is C46H88N5O2Si2Sm. The van der Waals surface area contributed by atoms with E-state index in [4.69, 9.17) is 4.65 Å². The summed E-state index contributed by atoms with van der Waals surface area (Å²) in [7, 11) is 10.3. The molecule has 56 heavy (non-hydrogen) atoms. The van der Waals surface area contributed by atoms with Crippen molar-refractivity contribution in [1.82, 2.24) is 19.6 Å². The van der Waals surface area contributed by atoms with Gasteiger partial charge in [-0.15, -0.1) is 11.5 Å². The minimum atomic E-state index is -1.11. The first-order valence-corrected chi connectivity index (χ1v) is 27.3. The van der Waals surface area contributed by atoms with E-state index in [-0.39, 0.29) is 73.5 Å². The molecule has 0 N–H and O–H groups in total. The molecule has 0 aliphatic rings. The maximum Gasteiger partial charge on any atom is 3.00 e. The van der Waals surface area contributed by atoms with Gasteiger partial charge in [0.15, 0.2) is 0 Å². The molecule has 0 bridgehead atoms. The monoisotopic (exact) mass is 951 g/mol. The summed E-state index contributed by atoms with van der Waals surface area (Å²) in [6.45, 7) is 45.1. The molecule has 0 aliphatic heterocycles. The van der Waals surface area contributed by atoms with E-state index in [1.165, 1.54) is 11.1 Å². The first-order chi connectivity index (χ1) is 24.3. The van der Waals surface area contributed by atoms with Crippen LogP contribution in [0.1, 0.15) is 116 Å². The molecule has 7 nitrogen and oxygen atoms in total. The molecule has 0 aromatic heterocycles. The second-order valence-corrected chi connectivity index (χ2v) is 32.1. The maximum absolute atomic E-state index is 12.9. The van der Waals surface area contributed by atoms with Gasteiger partial charge in [-0.3, -0.25) is 0 Å². The van der Waals surface area contributed by atoms with Crippen LogP contribution in [0.15, 0.2) is 24.3 Å². The first-order valence-electron chi connectivity index (χ1n) is 20.5. The topological polar surface area (TPSA) is 73.2 Å². The third-order valence-electron chi connectivity index (χ3n) is 9.09. The third-order valence-corrected chi connectivity index (χ3v) is 14.5. The Hall–Kier alpha value is -0.389. The molecule has 0 aliphatic carbocycles. The average Bonchev–Trinajstić information content (AvgIpc) is 2.93. The number of benzene rings is 2. The second kappa shape index (κ2) is 23.0. The maximum atomic E-state index is 12.9. The van der Waals surface area contributed by atoms with Gasteiger partial charge in [-0.1, -0.05) is 163 Å². The number of nitrogens with zero attached hydrogens (tertiary/aromatic N) is 5. The normalized spacial score (nSPS) is 13.1. The molecule has 323 valence electrons. The Morgan fingerprint density at radius 1 is 0.464 bits per heavy atom. The molecule has 2 rings (SSSR count). The van der Waals surface area contributed by atoms with E-state index in [0.717, 1.165) is 48.4 Å². The first kappa shape index (κ1) is 57.7. The van der Waals surface area contributed by atoms with Gasteiger partial charge in [-0.2, -0.15) is 0 Å². The predicted molar refractivity (Wildman–Crippen MR) is 246 cm³/mol. The van der Waals surface area contributed by atoms with Gasteiger partial charge < -0.3 is 34.5 Å². The minimum Gasteiger partial charge on any atom is -0.872 e. The Morgan fingerprint density at radius 2 is 0.732 bits per heavy atom. The number of rotatable bonds is 12. The quantitative estimate of drug-likeness (QED) is 0.198. The van der Waals surface area contributed by atoms with E-state index in [2.05, 4.69) is 209 Å². The van der Waals surface area contributed by atoms with Gasteiger partial charge in [0.2, 0.25) is 0 Å². The minimum absolute atomic E-state index is 0. The van der Waals surface area contributed by atoms with Crippen LogP contribution in [-0.4, -0.2) is 105 Å². The van der Waals surface area contributed by atoms with Crippen LogP contribution in [0.5, 0.6) is 11.5 Å². The number of hydrogen-bond donors (Lipinski definition) is 0. The van der Waals surface area contributed by atoms with Gasteiger partial charge in [0.05, 0.1) is 0 Å². The van der Waals surface area contributed by atoms with Crippen LogP contribution >= 0.6 is 0 Å². The van der Waals surface area contributed by atoms with E-state index < -0.39 is 16.5 Å². The zero-order valence-electron chi connectivity index (χ0n) is 41.0. The molecule has 0 atom stereocenters. The zero-order valence-corrected chi connectivity index (χ0v) is 45.6. The molecule has 10 heteroatoms. The Labute approximate surface area is 383 Å². The van der Waals surface area contributed by atoms with Gasteiger partial charge in [0, 0.05) is 39.3 Å². The van der Waals surface area contributed by atoms with Crippen LogP contribution in [0.25, 0.3) is 4.65 Å². The molecule has 1 radical (unpaired) electrons. The van der Waals surface area contributed by atoms with Gasteiger partial charge in [-0.05, 0) is 97.3 Å². The summed E-state index contributed by atoms with van der Waals surface area (Å²) in [5, 5.41) is 25.9. The summed E-state index contributed by atoms with van der Waals surface area (Å²) < 4.78 is 4.82. The largest absolute Gasteiger partial charge is 3.00 e. The fourth-order valence-electron chi connectivity index (χ4n) is 6.08. The molecule has 0 unspecified atom stereocenters. The van der Waals surface area contributed by atoms with Crippen molar-refractivity contribution in [2.24, 2.45) is 0 Å². The molecule has 0 heterocycles. The fraction of sp³-hybridized carbons (Fsp3) is 0.739. The summed E-state index contributed by atoms with van der Waals surface area (Å²) in [6.07, 6.45) is 0. The molecule has 0 saturated carbocycles. The van der Waals surface area contributed by atoms with Crippen LogP contribution in [0.2, 0.25) is 39.3 Å². The average molecular weight is 950 g/mol. The van der Waals surface area contributed by atoms with E-state index >= 15 is 0 Å². The predicted octanol–water partition coefficient (Wildman–Crippen LogP) is 9.73. The molecular weight excluding hydrogens is 861 g/mol. The zero-order chi connectivity index (χ0) is 43.7. The summed E-state index contributed by atoms with van der Waals surface area (Å²) in [4.78, 5) is 8.80. The van der Waals surface area contributed by atoms with Gasteiger partial charge in [0.1, 0.15) is 0 Å². The van der Waals surface area contributed by atoms with Crippen molar-refractivity contribution in [2.45, 2.75) is 157 Å².